The quantitative estimate of drug-likeness (QED) is 0.680. The highest BCUT2D eigenvalue weighted by Crippen LogP contribution is 2.19. The number of carbonyl (C=O) groups excluding carboxylic acids is 1. The minimum absolute atomic E-state index is 0.163. The Balaban J connectivity index is 1.87. The van der Waals surface area contributed by atoms with Crippen molar-refractivity contribution in [3.05, 3.63) is 58.6 Å². The van der Waals surface area contributed by atoms with E-state index < -0.39 is 26.4 Å². The monoisotopic (exact) mass is 433 g/mol. The van der Waals surface area contributed by atoms with Crippen LogP contribution in [-0.4, -0.2) is 33.2 Å². The van der Waals surface area contributed by atoms with Crippen LogP contribution in [0.15, 0.2) is 57.9 Å². The molecule has 0 saturated carbocycles. The van der Waals surface area contributed by atoms with E-state index in [2.05, 4.69) is 21.2 Å². The Morgan fingerprint density at radius 3 is 2.44 bits per heavy atom. The highest BCUT2D eigenvalue weighted by molar-refractivity contribution is 9.10. The topological polar surface area (TPSA) is 72.5 Å². The number of halogens is 3. The Kier molecular flexibility index (Phi) is 6.49. The van der Waals surface area contributed by atoms with Gasteiger partial charge in [-0.3, -0.25) is 4.79 Å². The van der Waals surface area contributed by atoms with Gasteiger partial charge in [0.2, 0.25) is 9.84 Å². The Morgan fingerprint density at radius 1 is 1.16 bits per heavy atom. The number of amides is 1. The van der Waals surface area contributed by atoms with Crippen molar-refractivity contribution in [2.24, 2.45) is 0 Å². The van der Waals surface area contributed by atoms with Crippen LogP contribution in [0.3, 0.4) is 0 Å². The molecule has 5 nitrogen and oxygen atoms in total. The first-order valence-corrected chi connectivity index (χ1v) is 9.43. The molecular weight excluding hydrogens is 420 g/mol. The fraction of sp³-hybridized carbons (Fsp3) is 0.188. The van der Waals surface area contributed by atoms with Crippen LogP contribution in [-0.2, 0) is 9.84 Å². The number of hydrogen-bond donors (Lipinski definition) is 1. The Morgan fingerprint density at radius 2 is 1.84 bits per heavy atom. The molecule has 134 valence electrons. The summed E-state index contributed by atoms with van der Waals surface area (Å²) in [6.07, 6.45) is 0. The van der Waals surface area contributed by atoms with Gasteiger partial charge in [-0.1, -0.05) is 22.0 Å². The number of hydrogen-bond acceptors (Lipinski definition) is 4. The minimum Gasteiger partial charge on any atom is -0.492 e. The zero-order chi connectivity index (χ0) is 18.4. The van der Waals surface area contributed by atoms with E-state index in [4.69, 9.17) is 4.74 Å². The first-order valence-electron chi connectivity index (χ1n) is 7.09. The van der Waals surface area contributed by atoms with E-state index in [1.54, 1.807) is 12.1 Å². The maximum atomic E-state index is 12.4. The average Bonchev–Trinajstić information content (AvgIpc) is 2.58. The maximum absolute atomic E-state index is 12.4. The zero-order valence-electron chi connectivity index (χ0n) is 12.8. The minimum atomic E-state index is -4.66. The molecular formula is C16H14BrF2NO4S. The van der Waals surface area contributed by atoms with E-state index in [-0.39, 0.29) is 18.7 Å². The van der Waals surface area contributed by atoms with Gasteiger partial charge in [0.1, 0.15) is 12.4 Å². The number of ether oxygens (including phenoxy) is 1. The lowest BCUT2D eigenvalue weighted by atomic mass is 10.2. The fourth-order valence-corrected chi connectivity index (χ4v) is 2.99. The van der Waals surface area contributed by atoms with E-state index in [9.17, 15) is 22.0 Å². The molecule has 1 amide bonds. The lowest BCUT2D eigenvalue weighted by Gasteiger charge is -2.09. The van der Waals surface area contributed by atoms with Crippen LogP contribution >= 0.6 is 15.9 Å². The number of sulfone groups is 1. The molecule has 9 heteroatoms. The Bertz CT molecular complexity index is 841. The molecule has 0 aliphatic heterocycles. The van der Waals surface area contributed by atoms with Crippen LogP contribution in [0.2, 0.25) is 0 Å². The van der Waals surface area contributed by atoms with Gasteiger partial charge < -0.3 is 10.1 Å². The van der Waals surface area contributed by atoms with Gasteiger partial charge in [0.05, 0.1) is 11.4 Å². The maximum Gasteiger partial charge on any atom is 0.341 e. The molecule has 0 aliphatic carbocycles. The lowest BCUT2D eigenvalue weighted by molar-refractivity contribution is 0.0947. The number of benzene rings is 2. The zero-order valence-corrected chi connectivity index (χ0v) is 15.2. The smallest absolute Gasteiger partial charge is 0.341 e. The van der Waals surface area contributed by atoms with Gasteiger partial charge in [-0.2, -0.15) is 8.78 Å². The summed E-state index contributed by atoms with van der Waals surface area (Å²) >= 11 is 3.31. The van der Waals surface area contributed by atoms with Crippen LogP contribution in [0.1, 0.15) is 10.4 Å². The summed E-state index contributed by atoms with van der Waals surface area (Å²) in [5.74, 6) is -3.31. The molecule has 0 spiro atoms. The van der Waals surface area contributed by atoms with Crippen LogP contribution in [0, 0.1) is 0 Å². The van der Waals surface area contributed by atoms with Gasteiger partial charge in [-0.05, 0) is 42.5 Å². The second-order valence-electron chi connectivity index (χ2n) is 4.89. The fourth-order valence-electron chi connectivity index (χ4n) is 1.89. The predicted molar refractivity (Wildman–Crippen MR) is 91.6 cm³/mol. The summed E-state index contributed by atoms with van der Waals surface area (Å²) in [5.41, 5.74) is 0.163. The van der Waals surface area contributed by atoms with Crippen molar-refractivity contribution < 1.29 is 26.7 Å². The van der Waals surface area contributed by atoms with Gasteiger partial charge in [-0.25, -0.2) is 8.42 Å². The Hall–Kier alpha value is -2.00. The summed E-state index contributed by atoms with van der Waals surface area (Å²) in [4.78, 5) is 11.4. The van der Waals surface area contributed by atoms with E-state index >= 15 is 0 Å². The van der Waals surface area contributed by atoms with Gasteiger partial charge in [-0.15, -0.1) is 0 Å². The molecule has 1 N–H and O–H groups in total. The van der Waals surface area contributed by atoms with E-state index in [0.29, 0.717) is 5.75 Å². The predicted octanol–water partition coefficient (Wildman–Crippen LogP) is 3.25. The second kappa shape index (κ2) is 8.39. The number of nitrogens with one attached hydrogen (secondary N) is 1. The van der Waals surface area contributed by atoms with Crippen LogP contribution in [0.25, 0.3) is 0 Å². The van der Waals surface area contributed by atoms with Crippen molar-refractivity contribution in [1.82, 2.24) is 5.32 Å². The molecule has 0 aromatic heterocycles. The van der Waals surface area contributed by atoms with Gasteiger partial charge in [0.25, 0.3) is 5.91 Å². The van der Waals surface area contributed by atoms with E-state index in [1.807, 2.05) is 12.1 Å². The first-order chi connectivity index (χ1) is 11.8. The SMILES string of the molecule is O=C(NCCOc1cccc(Br)c1)c1ccc(S(=O)(=O)C(F)F)cc1. The van der Waals surface area contributed by atoms with Crippen LogP contribution in [0.4, 0.5) is 8.78 Å². The Labute approximate surface area is 152 Å². The molecule has 25 heavy (non-hydrogen) atoms. The molecule has 2 aromatic rings. The summed E-state index contributed by atoms with van der Waals surface area (Å²) < 4.78 is 53.8. The molecule has 0 saturated heterocycles. The number of rotatable bonds is 7. The van der Waals surface area contributed by atoms with E-state index in [0.717, 1.165) is 16.6 Å². The molecule has 0 bridgehead atoms. The second-order valence-corrected chi connectivity index (χ2v) is 7.73. The normalized spacial score (nSPS) is 11.4. The summed E-state index contributed by atoms with van der Waals surface area (Å²) in [6.45, 7) is 0.461. The average molecular weight is 434 g/mol. The third-order valence-electron chi connectivity index (χ3n) is 3.13. The number of carbonyl (C=O) groups is 1. The van der Waals surface area contributed by atoms with Crippen molar-refractivity contribution in [1.29, 1.82) is 0 Å². The van der Waals surface area contributed by atoms with Crippen LogP contribution in [0.5, 0.6) is 5.75 Å². The van der Waals surface area contributed by atoms with Crippen molar-refractivity contribution >= 4 is 31.7 Å². The van der Waals surface area contributed by atoms with Gasteiger partial charge >= 0.3 is 5.76 Å². The van der Waals surface area contributed by atoms with Crippen molar-refractivity contribution in [2.75, 3.05) is 13.2 Å². The number of alkyl halides is 2. The van der Waals surface area contributed by atoms with Crippen LogP contribution < -0.4 is 10.1 Å². The van der Waals surface area contributed by atoms with Crippen molar-refractivity contribution in [3.8, 4) is 5.75 Å². The molecule has 2 aromatic carbocycles. The lowest BCUT2D eigenvalue weighted by Crippen LogP contribution is -2.28. The molecule has 0 radical (unpaired) electrons. The molecule has 0 atom stereocenters. The summed E-state index contributed by atoms with van der Waals surface area (Å²) in [7, 11) is -4.66. The largest absolute Gasteiger partial charge is 0.492 e. The van der Waals surface area contributed by atoms with Crippen molar-refractivity contribution in [2.45, 2.75) is 10.7 Å². The third kappa shape index (κ3) is 5.23. The van der Waals surface area contributed by atoms with Gasteiger partial charge in [0.15, 0.2) is 0 Å². The molecule has 0 aliphatic rings. The van der Waals surface area contributed by atoms with Crippen molar-refractivity contribution in [3.63, 3.8) is 0 Å². The third-order valence-corrected chi connectivity index (χ3v) is 5.02. The molecule has 0 heterocycles. The van der Waals surface area contributed by atoms with Gasteiger partial charge in [0, 0.05) is 10.0 Å². The highest BCUT2D eigenvalue weighted by atomic mass is 79.9. The highest BCUT2D eigenvalue weighted by Gasteiger charge is 2.26. The molecule has 2 rings (SSSR count). The first kappa shape index (κ1) is 19.3. The molecule has 0 unspecified atom stereocenters. The summed E-state index contributed by atoms with van der Waals surface area (Å²) in [5, 5.41) is 2.59. The standard InChI is InChI=1S/C16H14BrF2NO4S/c17-12-2-1-3-13(10-12)24-9-8-20-15(21)11-4-6-14(7-5-11)25(22,23)16(18)19/h1-7,10,16H,8-9H2,(H,20,21). The summed E-state index contributed by atoms with van der Waals surface area (Å²) in [6, 6.07) is 11.5. The van der Waals surface area contributed by atoms with E-state index in [1.165, 1.54) is 12.1 Å². The molecule has 0 fully saturated rings.